The second-order valence-corrected chi connectivity index (χ2v) is 9.25. The van der Waals surface area contributed by atoms with E-state index in [-0.39, 0.29) is 12.3 Å². The molecule has 7 nitrogen and oxygen atoms in total. The molecule has 1 aromatic heterocycles. The van der Waals surface area contributed by atoms with Gasteiger partial charge in [0.25, 0.3) is 0 Å². The molecule has 29 heavy (non-hydrogen) atoms. The van der Waals surface area contributed by atoms with E-state index in [2.05, 4.69) is 9.71 Å². The van der Waals surface area contributed by atoms with E-state index in [1.165, 1.54) is 0 Å². The van der Waals surface area contributed by atoms with Gasteiger partial charge in [-0.05, 0) is 36.6 Å². The Morgan fingerprint density at radius 1 is 1.14 bits per heavy atom. The van der Waals surface area contributed by atoms with Crippen LogP contribution in [0.25, 0.3) is 11.0 Å². The van der Waals surface area contributed by atoms with E-state index >= 15 is 0 Å². The van der Waals surface area contributed by atoms with Crippen molar-refractivity contribution in [3.63, 3.8) is 0 Å². The Morgan fingerprint density at radius 2 is 1.83 bits per heavy atom. The minimum absolute atomic E-state index is 0.0100. The summed E-state index contributed by atoms with van der Waals surface area (Å²) in [7, 11) is -3.39. The lowest BCUT2D eigenvalue weighted by Crippen LogP contribution is -2.39. The number of para-hydroxylation sites is 3. The number of carbonyl (C=O) groups excluding carboxylic acids is 1. The molecule has 1 aliphatic rings. The van der Waals surface area contributed by atoms with Crippen molar-refractivity contribution in [3.05, 3.63) is 59.9 Å². The first-order chi connectivity index (χ1) is 13.9. The molecular formula is C21H24N4O3S. The van der Waals surface area contributed by atoms with Crippen LogP contribution < -0.4 is 4.72 Å². The van der Waals surface area contributed by atoms with Gasteiger partial charge in [-0.1, -0.05) is 30.3 Å². The number of anilines is 1. The summed E-state index contributed by atoms with van der Waals surface area (Å²) in [6, 6.07) is 15.0. The van der Waals surface area contributed by atoms with Crippen LogP contribution in [0, 0.1) is 0 Å². The highest BCUT2D eigenvalue weighted by molar-refractivity contribution is 7.92. The molecule has 1 aliphatic heterocycles. The summed E-state index contributed by atoms with van der Waals surface area (Å²) in [5.41, 5.74) is 3.15. The summed E-state index contributed by atoms with van der Waals surface area (Å²) in [5.74, 6) is 1.31. The molecule has 1 fully saturated rings. The van der Waals surface area contributed by atoms with Crippen LogP contribution in [0.2, 0.25) is 0 Å². The third-order valence-corrected chi connectivity index (χ3v) is 5.89. The lowest BCUT2D eigenvalue weighted by molar-refractivity contribution is -0.131. The number of aromatic nitrogens is 2. The Bertz CT molecular complexity index is 1100. The molecule has 2 aromatic carbocycles. The Hall–Kier alpha value is -2.87. The highest BCUT2D eigenvalue weighted by Crippen LogP contribution is 2.28. The van der Waals surface area contributed by atoms with Crippen LogP contribution in [0.15, 0.2) is 48.5 Å². The molecular weight excluding hydrogens is 388 g/mol. The highest BCUT2D eigenvalue weighted by Gasteiger charge is 2.26. The summed E-state index contributed by atoms with van der Waals surface area (Å²) in [6.07, 6.45) is 2.99. The number of imidazole rings is 1. The number of hydrogen-bond donors (Lipinski definition) is 2. The van der Waals surface area contributed by atoms with Gasteiger partial charge < -0.3 is 9.88 Å². The molecule has 0 bridgehead atoms. The highest BCUT2D eigenvalue weighted by atomic mass is 32.2. The maximum absolute atomic E-state index is 12.8. The number of likely N-dealkylation sites (tertiary alicyclic amines) is 1. The topological polar surface area (TPSA) is 95.2 Å². The summed E-state index contributed by atoms with van der Waals surface area (Å²) < 4.78 is 25.6. The van der Waals surface area contributed by atoms with E-state index in [0.29, 0.717) is 30.3 Å². The fourth-order valence-corrected chi connectivity index (χ4v) is 4.42. The number of hydrogen-bond acceptors (Lipinski definition) is 4. The summed E-state index contributed by atoms with van der Waals surface area (Å²) >= 11 is 0. The average Bonchev–Trinajstić information content (AvgIpc) is 3.13. The third-order valence-electron chi connectivity index (χ3n) is 5.30. The minimum atomic E-state index is -3.39. The van der Waals surface area contributed by atoms with E-state index in [9.17, 15) is 13.2 Å². The lowest BCUT2D eigenvalue weighted by atomic mass is 9.95. The molecule has 2 heterocycles. The molecule has 8 heteroatoms. The maximum atomic E-state index is 12.8. The van der Waals surface area contributed by atoms with Crippen LogP contribution in [0.4, 0.5) is 5.69 Å². The average molecular weight is 413 g/mol. The van der Waals surface area contributed by atoms with Crippen molar-refractivity contribution < 1.29 is 13.2 Å². The number of benzene rings is 2. The van der Waals surface area contributed by atoms with E-state index in [1.54, 1.807) is 18.2 Å². The van der Waals surface area contributed by atoms with Crippen LogP contribution in [-0.4, -0.2) is 48.5 Å². The number of piperidine rings is 1. The fourth-order valence-electron chi connectivity index (χ4n) is 3.82. The molecule has 3 aromatic rings. The largest absolute Gasteiger partial charge is 0.342 e. The number of nitrogens with zero attached hydrogens (tertiary/aromatic N) is 2. The van der Waals surface area contributed by atoms with E-state index in [1.807, 2.05) is 35.2 Å². The van der Waals surface area contributed by atoms with Gasteiger partial charge in [0.1, 0.15) is 5.82 Å². The monoisotopic (exact) mass is 412 g/mol. The van der Waals surface area contributed by atoms with Gasteiger partial charge in [0.2, 0.25) is 15.9 Å². The Kier molecular flexibility index (Phi) is 5.27. The minimum Gasteiger partial charge on any atom is -0.342 e. The Labute approximate surface area is 170 Å². The van der Waals surface area contributed by atoms with Gasteiger partial charge in [0, 0.05) is 19.0 Å². The second-order valence-electron chi connectivity index (χ2n) is 7.50. The number of nitrogens with one attached hydrogen (secondary N) is 2. The molecule has 2 N–H and O–H groups in total. The van der Waals surface area contributed by atoms with Crippen LogP contribution in [0.3, 0.4) is 0 Å². The van der Waals surface area contributed by atoms with Crippen molar-refractivity contribution in [2.45, 2.75) is 25.2 Å². The molecule has 1 saturated heterocycles. The SMILES string of the molecule is CS(=O)(=O)Nc1ccccc1CC(=O)N1CCC(c2nc3ccccc3[nH]2)CC1. The zero-order valence-electron chi connectivity index (χ0n) is 16.3. The molecule has 0 saturated carbocycles. The first-order valence-electron chi connectivity index (χ1n) is 9.67. The van der Waals surface area contributed by atoms with E-state index in [4.69, 9.17) is 4.98 Å². The normalized spacial score (nSPS) is 15.6. The predicted molar refractivity (Wildman–Crippen MR) is 113 cm³/mol. The zero-order chi connectivity index (χ0) is 20.4. The molecule has 1 amide bonds. The summed E-state index contributed by atoms with van der Waals surface area (Å²) in [4.78, 5) is 22.7. The van der Waals surface area contributed by atoms with Gasteiger partial charge in [-0.2, -0.15) is 0 Å². The molecule has 152 valence electrons. The van der Waals surface area contributed by atoms with Crippen molar-refractivity contribution in [3.8, 4) is 0 Å². The van der Waals surface area contributed by atoms with Crippen molar-refractivity contribution in [2.75, 3.05) is 24.1 Å². The number of amides is 1. The molecule has 0 spiro atoms. The standard InChI is InChI=1S/C21H24N4O3S/c1-29(27,28)24-17-7-3-2-6-16(17)14-20(26)25-12-10-15(11-13-25)21-22-18-8-4-5-9-19(18)23-21/h2-9,15,24H,10-14H2,1H3,(H,22,23). The van der Waals surface area contributed by atoms with Crippen LogP contribution in [-0.2, 0) is 21.2 Å². The summed E-state index contributed by atoms with van der Waals surface area (Å²) in [5, 5.41) is 0. The maximum Gasteiger partial charge on any atom is 0.229 e. The number of aromatic amines is 1. The lowest BCUT2D eigenvalue weighted by Gasteiger charge is -2.31. The first-order valence-corrected chi connectivity index (χ1v) is 11.6. The van der Waals surface area contributed by atoms with Crippen LogP contribution in [0.5, 0.6) is 0 Å². The molecule has 0 aliphatic carbocycles. The van der Waals surface area contributed by atoms with Gasteiger partial charge >= 0.3 is 0 Å². The zero-order valence-corrected chi connectivity index (χ0v) is 17.1. The van der Waals surface area contributed by atoms with Gasteiger partial charge in [0.15, 0.2) is 0 Å². The van der Waals surface area contributed by atoms with Crippen molar-refractivity contribution >= 4 is 32.7 Å². The first kappa shape index (κ1) is 19.4. The summed E-state index contributed by atoms with van der Waals surface area (Å²) in [6.45, 7) is 1.34. The molecule has 0 atom stereocenters. The molecule has 0 unspecified atom stereocenters. The Morgan fingerprint density at radius 3 is 2.55 bits per heavy atom. The molecule has 0 radical (unpaired) electrons. The van der Waals surface area contributed by atoms with Gasteiger partial charge in [-0.25, -0.2) is 13.4 Å². The van der Waals surface area contributed by atoms with Gasteiger partial charge in [-0.15, -0.1) is 0 Å². The van der Waals surface area contributed by atoms with Crippen LogP contribution >= 0.6 is 0 Å². The smallest absolute Gasteiger partial charge is 0.229 e. The number of rotatable bonds is 5. The van der Waals surface area contributed by atoms with Crippen molar-refractivity contribution in [1.82, 2.24) is 14.9 Å². The fraction of sp³-hybridized carbons (Fsp3) is 0.333. The Balaban J connectivity index is 1.39. The molecule has 4 rings (SSSR count). The number of H-pyrrole nitrogens is 1. The number of carbonyl (C=O) groups is 1. The van der Waals surface area contributed by atoms with E-state index in [0.717, 1.165) is 36.0 Å². The van der Waals surface area contributed by atoms with Gasteiger partial charge in [-0.3, -0.25) is 9.52 Å². The van der Waals surface area contributed by atoms with Crippen LogP contribution in [0.1, 0.15) is 30.1 Å². The van der Waals surface area contributed by atoms with Gasteiger partial charge in [0.05, 0.1) is 29.4 Å². The third kappa shape index (κ3) is 4.59. The van der Waals surface area contributed by atoms with E-state index < -0.39 is 10.0 Å². The predicted octanol–water partition coefficient (Wildman–Crippen LogP) is 2.88. The quantitative estimate of drug-likeness (QED) is 0.674. The van der Waals surface area contributed by atoms with Crippen molar-refractivity contribution in [2.24, 2.45) is 0 Å². The van der Waals surface area contributed by atoms with Crippen molar-refractivity contribution in [1.29, 1.82) is 0 Å². The second kappa shape index (κ2) is 7.87. The number of sulfonamides is 1. The number of fused-ring (bicyclic) bond motifs is 1.